The summed E-state index contributed by atoms with van der Waals surface area (Å²) < 4.78 is 2.12. The molecule has 0 aliphatic carbocycles. The van der Waals surface area contributed by atoms with Gasteiger partial charge in [-0.2, -0.15) is 5.26 Å². The molecule has 2 aromatic carbocycles. The van der Waals surface area contributed by atoms with Crippen LogP contribution in [-0.2, 0) is 16.9 Å². The number of imidazole rings is 1. The number of benzene rings is 2. The Bertz CT molecular complexity index is 1070. The number of aromatic nitrogens is 2. The minimum Gasteiger partial charge on any atom is -0.302 e. The summed E-state index contributed by atoms with van der Waals surface area (Å²) in [6.45, 7) is 2.57. The second-order valence-corrected chi connectivity index (χ2v) is 7.68. The lowest BCUT2D eigenvalue weighted by molar-refractivity contribution is -0.123. The van der Waals surface area contributed by atoms with Crippen molar-refractivity contribution in [1.82, 2.24) is 14.5 Å². The van der Waals surface area contributed by atoms with E-state index >= 15 is 0 Å². The van der Waals surface area contributed by atoms with Gasteiger partial charge >= 0.3 is 0 Å². The monoisotopic (exact) mass is 371 g/mol. The molecule has 0 bridgehead atoms. The Labute approximate surface area is 163 Å². The molecule has 1 spiro atoms. The zero-order valence-electron chi connectivity index (χ0n) is 15.5. The van der Waals surface area contributed by atoms with Crippen LogP contribution < -0.4 is 5.32 Å². The van der Waals surface area contributed by atoms with Gasteiger partial charge in [0.1, 0.15) is 5.92 Å². The number of nitriles is 1. The molecule has 2 aliphatic rings. The Hall–Kier alpha value is -3.17. The van der Waals surface area contributed by atoms with E-state index in [1.54, 1.807) is 0 Å². The summed E-state index contributed by atoms with van der Waals surface area (Å²) in [7, 11) is 0. The highest BCUT2D eigenvalue weighted by Gasteiger charge is 2.51. The van der Waals surface area contributed by atoms with Crippen molar-refractivity contribution in [3.8, 4) is 6.07 Å². The maximum Gasteiger partial charge on any atom is 0.246 e. The maximum atomic E-state index is 12.7. The Morgan fingerprint density at radius 2 is 1.82 bits per heavy atom. The number of piperidine rings is 1. The standard InChI is InChI=1S/C22H21N5O/c23-14-17-20(28)25-21-24-18-8-4-5-9-19(18)27(21)22(17)10-12-26(13-11-22)15-16-6-2-1-3-7-16/h1-9,17H,10-13,15H2,(H,24,25,28)/t17-/m1/s1. The number of anilines is 1. The molecule has 1 saturated heterocycles. The number of likely N-dealkylation sites (tertiary alicyclic amines) is 1. The first kappa shape index (κ1) is 17.0. The molecule has 0 radical (unpaired) electrons. The van der Waals surface area contributed by atoms with Gasteiger partial charge in [-0.3, -0.25) is 15.0 Å². The topological polar surface area (TPSA) is 74.0 Å². The van der Waals surface area contributed by atoms with Gasteiger partial charge in [-0.15, -0.1) is 0 Å². The van der Waals surface area contributed by atoms with Gasteiger partial charge in [0.05, 0.1) is 22.6 Å². The van der Waals surface area contributed by atoms with Crippen LogP contribution in [0.5, 0.6) is 0 Å². The summed E-state index contributed by atoms with van der Waals surface area (Å²) in [6.07, 6.45) is 1.50. The number of fused-ring (bicyclic) bond motifs is 4. The minimum absolute atomic E-state index is 0.234. The molecule has 2 aliphatic heterocycles. The first-order valence-corrected chi connectivity index (χ1v) is 9.66. The van der Waals surface area contributed by atoms with E-state index in [0.717, 1.165) is 43.5 Å². The van der Waals surface area contributed by atoms with Gasteiger partial charge in [0.2, 0.25) is 11.9 Å². The highest BCUT2D eigenvalue weighted by atomic mass is 16.2. The molecule has 1 amide bonds. The molecular formula is C22H21N5O. The van der Waals surface area contributed by atoms with Gasteiger partial charge in [0.15, 0.2) is 0 Å². The van der Waals surface area contributed by atoms with Crippen LogP contribution in [0.3, 0.4) is 0 Å². The van der Waals surface area contributed by atoms with Crippen LogP contribution in [0.15, 0.2) is 54.6 Å². The van der Waals surface area contributed by atoms with Crippen LogP contribution in [-0.4, -0.2) is 33.4 Å². The van der Waals surface area contributed by atoms with Crippen LogP contribution in [0.25, 0.3) is 11.0 Å². The largest absolute Gasteiger partial charge is 0.302 e. The molecule has 140 valence electrons. The van der Waals surface area contributed by atoms with E-state index in [1.165, 1.54) is 5.56 Å². The fraction of sp³-hybridized carbons (Fsp3) is 0.318. The number of amides is 1. The average molecular weight is 371 g/mol. The highest BCUT2D eigenvalue weighted by Crippen LogP contribution is 2.45. The number of carbonyl (C=O) groups is 1. The van der Waals surface area contributed by atoms with Crippen LogP contribution in [0.4, 0.5) is 5.95 Å². The molecule has 6 nitrogen and oxygen atoms in total. The van der Waals surface area contributed by atoms with Crippen molar-refractivity contribution in [2.45, 2.75) is 24.9 Å². The number of hydrogen-bond donors (Lipinski definition) is 1. The van der Waals surface area contributed by atoms with E-state index in [9.17, 15) is 10.1 Å². The fourth-order valence-electron chi connectivity index (χ4n) is 4.75. The summed E-state index contributed by atoms with van der Waals surface area (Å²) in [6, 6.07) is 20.6. The van der Waals surface area contributed by atoms with Gasteiger partial charge in [0.25, 0.3) is 0 Å². The summed E-state index contributed by atoms with van der Waals surface area (Å²) in [5.74, 6) is -0.382. The number of hydrogen-bond acceptors (Lipinski definition) is 4. The van der Waals surface area contributed by atoms with E-state index in [2.05, 4.69) is 50.1 Å². The number of carbonyl (C=O) groups excluding carboxylic acids is 1. The zero-order valence-corrected chi connectivity index (χ0v) is 15.5. The lowest BCUT2D eigenvalue weighted by atomic mass is 9.74. The van der Waals surface area contributed by atoms with Crippen molar-refractivity contribution in [2.75, 3.05) is 18.4 Å². The quantitative estimate of drug-likeness (QED) is 0.751. The van der Waals surface area contributed by atoms with Gasteiger partial charge in [-0.05, 0) is 30.5 Å². The van der Waals surface area contributed by atoms with Crippen molar-refractivity contribution in [3.63, 3.8) is 0 Å². The summed E-state index contributed by atoms with van der Waals surface area (Å²) in [5.41, 5.74) is 2.57. The van der Waals surface area contributed by atoms with Crippen LogP contribution >= 0.6 is 0 Å². The molecule has 28 heavy (non-hydrogen) atoms. The normalized spacial score (nSPS) is 21.2. The molecule has 1 aromatic heterocycles. The van der Waals surface area contributed by atoms with E-state index in [4.69, 9.17) is 0 Å². The van der Waals surface area contributed by atoms with Gasteiger partial charge < -0.3 is 4.57 Å². The first-order chi connectivity index (χ1) is 13.7. The Balaban J connectivity index is 1.52. The van der Waals surface area contributed by atoms with Crippen molar-refractivity contribution in [1.29, 1.82) is 5.26 Å². The molecule has 1 atom stereocenters. The van der Waals surface area contributed by atoms with Gasteiger partial charge in [-0.25, -0.2) is 4.98 Å². The smallest absolute Gasteiger partial charge is 0.246 e. The SMILES string of the molecule is N#C[C@@H]1C(=O)Nc2nc3ccccc3n2C12CCN(Cc1ccccc1)CC2. The van der Waals surface area contributed by atoms with Gasteiger partial charge in [0, 0.05) is 19.6 Å². The van der Waals surface area contributed by atoms with Crippen LogP contribution in [0.2, 0.25) is 0 Å². The third-order valence-electron chi connectivity index (χ3n) is 6.14. The van der Waals surface area contributed by atoms with Crippen molar-refractivity contribution in [3.05, 3.63) is 60.2 Å². The minimum atomic E-state index is -0.712. The summed E-state index contributed by atoms with van der Waals surface area (Å²) >= 11 is 0. The number of rotatable bonds is 2. The molecule has 0 unspecified atom stereocenters. The van der Waals surface area contributed by atoms with Crippen LogP contribution in [0.1, 0.15) is 18.4 Å². The van der Waals surface area contributed by atoms with Crippen molar-refractivity contribution in [2.24, 2.45) is 5.92 Å². The molecule has 0 saturated carbocycles. The number of para-hydroxylation sites is 2. The van der Waals surface area contributed by atoms with Crippen LogP contribution in [0, 0.1) is 17.2 Å². The first-order valence-electron chi connectivity index (χ1n) is 9.66. The number of nitrogens with one attached hydrogen (secondary N) is 1. The van der Waals surface area contributed by atoms with E-state index < -0.39 is 11.5 Å². The molecule has 6 heteroatoms. The fourth-order valence-corrected chi connectivity index (χ4v) is 4.75. The van der Waals surface area contributed by atoms with E-state index in [1.807, 2.05) is 30.3 Å². The molecule has 5 rings (SSSR count). The predicted molar refractivity (Wildman–Crippen MR) is 106 cm³/mol. The Kier molecular flexibility index (Phi) is 3.92. The van der Waals surface area contributed by atoms with E-state index in [-0.39, 0.29) is 5.91 Å². The third kappa shape index (κ3) is 2.51. The van der Waals surface area contributed by atoms with Gasteiger partial charge in [-0.1, -0.05) is 42.5 Å². The predicted octanol–water partition coefficient (Wildman–Crippen LogP) is 3.12. The lowest BCUT2D eigenvalue weighted by Crippen LogP contribution is -2.56. The number of nitrogens with zero attached hydrogens (tertiary/aromatic N) is 4. The third-order valence-corrected chi connectivity index (χ3v) is 6.14. The maximum absolute atomic E-state index is 12.7. The molecule has 3 heterocycles. The average Bonchev–Trinajstić information content (AvgIpc) is 3.09. The van der Waals surface area contributed by atoms with E-state index in [0.29, 0.717) is 5.95 Å². The second-order valence-electron chi connectivity index (χ2n) is 7.68. The molecule has 3 aromatic rings. The summed E-state index contributed by atoms with van der Waals surface area (Å²) in [4.78, 5) is 19.7. The lowest BCUT2D eigenvalue weighted by Gasteiger charge is -2.47. The van der Waals surface area contributed by atoms with Crippen molar-refractivity contribution < 1.29 is 4.79 Å². The Morgan fingerprint density at radius 1 is 1.11 bits per heavy atom. The molecule has 1 N–H and O–H groups in total. The summed E-state index contributed by atoms with van der Waals surface area (Å²) in [5, 5.41) is 12.7. The Morgan fingerprint density at radius 3 is 2.57 bits per heavy atom. The van der Waals surface area contributed by atoms with Crippen molar-refractivity contribution >= 4 is 22.9 Å². The second kappa shape index (κ2) is 6.47. The molecular weight excluding hydrogens is 350 g/mol. The zero-order chi connectivity index (χ0) is 19.1. The highest BCUT2D eigenvalue weighted by molar-refractivity contribution is 5.97. The molecule has 1 fully saturated rings.